The van der Waals surface area contributed by atoms with Crippen molar-refractivity contribution >= 4 is 17.1 Å². The molecule has 4 nitrogen and oxygen atoms in total. The lowest BCUT2D eigenvalue weighted by Crippen LogP contribution is -1.98. The Hall–Kier alpha value is -3.27. The number of aliphatic imine (C=N–C) groups is 1. The maximum absolute atomic E-state index is 11.4. The van der Waals surface area contributed by atoms with Crippen molar-refractivity contribution in [3.63, 3.8) is 0 Å². The molecule has 3 aromatic carbocycles. The van der Waals surface area contributed by atoms with Crippen molar-refractivity contribution in [3.8, 4) is 11.1 Å². The van der Waals surface area contributed by atoms with Crippen molar-refractivity contribution < 1.29 is 4.92 Å². The minimum Gasteiger partial charge on any atom is -0.258 e. The number of nitrogens with zero attached hydrogens (tertiary/aromatic N) is 2. The fraction of sp³-hybridized carbons (Fsp3) is 0.0500. The Bertz CT molecular complexity index is 1010. The van der Waals surface area contributed by atoms with Crippen molar-refractivity contribution in [2.45, 2.75) is 6.92 Å². The van der Waals surface area contributed by atoms with Crippen LogP contribution in [0.3, 0.4) is 0 Å². The van der Waals surface area contributed by atoms with Gasteiger partial charge in [0.25, 0.3) is 5.69 Å². The van der Waals surface area contributed by atoms with E-state index in [2.05, 4.69) is 0 Å². The fourth-order valence-corrected chi connectivity index (χ4v) is 3.17. The standard InChI is InChI=1S/C20H14N2O2/c1-13-6-4-7-14(12-13)21-20-16-9-3-2-8-15(16)19-17(20)10-5-11-18(19)22(23)24/h2-12H,1H3. The monoisotopic (exact) mass is 314 g/mol. The Kier molecular flexibility index (Phi) is 3.24. The number of nitro groups is 1. The molecular weight excluding hydrogens is 300 g/mol. The number of benzene rings is 3. The molecule has 3 aromatic rings. The molecule has 0 aromatic heterocycles. The van der Waals surface area contributed by atoms with Crippen LogP contribution in [0.5, 0.6) is 0 Å². The van der Waals surface area contributed by atoms with Crippen LogP contribution in [-0.2, 0) is 0 Å². The summed E-state index contributed by atoms with van der Waals surface area (Å²) in [4.78, 5) is 15.9. The molecule has 24 heavy (non-hydrogen) atoms. The normalized spacial score (nSPS) is 13.6. The lowest BCUT2D eigenvalue weighted by atomic mass is 10.0. The van der Waals surface area contributed by atoms with Crippen molar-refractivity contribution in [2.75, 3.05) is 0 Å². The summed E-state index contributed by atoms with van der Waals surface area (Å²) in [6, 6.07) is 20.8. The quantitative estimate of drug-likeness (QED) is 0.384. The molecule has 0 heterocycles. The van der Waals surface area contributed by atoms with Crippen LogP contribution in [0.25, 0.3) is 11.1 Å². The predicted octanol–water partition coefficient (Wildman–Crippen LogP) is 5.05. The van der Waals surface area contributed by atoms with E-state index in [0.29, 0.717) is 5.56 Å². The molecule has 0 atom stereocenters. The Labute approximate surface area is 139 Å². The molecule has 0 radical (unpaired) electrons. The van der Waals surface area contributed by atoms with Crippen LogP contribution in [0.4, 0.5) is 11.4 Å². The van der Waals surface area contributed by atoms with Gasteiger partial charge in [0, 0.05) is 17.2 Å². The van der Waals surface area contributed by atoms with Gasteiger partial charge in [0.05, 0.1) is 21.9 Å². The molecule has 116 valence electrons. The Morgan fingerprint density at radius 3 is 2.33 bits per heavy atom. The van der Waals surface area contributed by atoms with Gasteiger partial charge in [-0.25, -0.2) is 4.99 Å². The molecule has 0 aliphatic heterocycles. The molecule has 4 heteroatoms. The molecule has 1 aliphatic carbocycles. The SMILES string of the molecule is Cc1cccc(N=C2c3ccccc3-c3c2cccc3[N+](=O)[O-])c1. The highest BCUT2D eigenvalue weighted by atomic mass is 16.6. The molecule has 4 rings (SSSR count). The summed E-state index contributed by atoms with van der Waals surface area (Å²) in [5, 5.41) is 11.4. The third-order valence-corrected chi connectivity index (χ3v) is 4.19. The Morgan fingerprint density at radius 1 is 0.875 bits per heavy atom. The molecule has 1 aliphatic rings. The van der Waals surface area contributed by atoms with Gasteiger partial charge in [-0.3, -0.25) is 10.1 Å². The average Bonchev–Trinajstić information content (AvgIpc) is 2.89. The first kappa shape index (κ1) is 14.3. The summed E-state index contributed by atoms with van der Waals surface area (Å²) in [6.07, 6.45) is 0. The highest BCUT2D eigenvalue weighted by Crippen LogP contribution is 2.43. The first-order valence-corrected chi connectivity index (χ1v) is 7.68. The van der Waals surface area contributed by atoms with Crippen LogP contribution >= 0.6 is 0 Å². The van der Waals surface area contributed by atoms with E-state index in [0.717, 1.165) is 33.7 Å². The van der Waals surface area contributed by atoms with Crippen molar-refractivity contribution in [1.29, 1.82) is 0 Å². The van der Waals surface area contributed by atoms with E-state index in [9.17, 15) is 10.1 Å². The molecule has 0 unspecified atom stereocenters. The highest BCUT2D eigenvalue weighted by molar-refractivity contribution is 6.26. The zero-order chi connectivity index (χ0) is 16.7. The smallest absolute Gasteiger partial charge is 0.258 e. The van der Waals surface area contributed by atoms with Crippen LogP contribution in [0.2, 0.25) is 0 Å². The summed E-state index contributed by atoms with van der Waals surface area (Å²) < 4.78 is 0. The molecular formula is C20H14N2O2. The van der Waals surface area contributed by atoms with Gasteiger partial charge in [0.15, 0.2) is 0 Å². The van der Waals surface area contributed by atoms with E-state index >= 15 is 0 Å². The molecule has 0 saturated heterocycles. The van der Waals surface area contributed by atoms with Gasteiger partial charge in [-0.2, -0.15) is 0 Å². The number of hydrogen-bond donors (Lipinski definition) is 0. The van der Waals surface area contributed by atoms with Gasteiger partial charge < -0.3 is 0 Å². The lowest BCUT2D eigenvalue weighted by molar-refractivity contribution is -0.384. The van der Waals surface area contributed by atoms with E-state index in [1.807, 2.05) is 61.5 Å². The zero-order valence-corrected chi connectivity index (χ0v) is 13.1. The van der Waals surface area contributed by atoms with Gasteiger partial charge in [-0.15, -0.1) is 0 Å². The lowest BCUT2D eigenvalue weighted by Gasteiger charge is -2.03. The minimum absolute atomic E-state index is 0.120. The Balaban J connectivity index is 2.01. The Morgan fingerprint density at radius 2 is 1.58 bits per heavy atom. The van der Waals surface area contributed by atoms with Gasteiger partial charge in [-0.1, -0.05) is 48.5 Å². The number of hydrogen-bond acceptors (Lipinski definition) is 3. The van der Waals surface area contributed by atoms with Gasteiger partial charge in [0.1, 0.15) is 0 Å². The molecule has 0 spiro atoms. The predicted molar refractivity (Wildman–Crippen MR) is 95.0 cm³/mol. The largest absolute Gasteiger partial charge is 0.277 e. The molecule has 0 amide bonds. The summed E-state index contributed by atoms with van der Waals surface area (Å²) >= 11 is 0. The van der Waals surface area contributed by atoms with Crippen LogP contribution in [-0.4, -0.2) is 10.6 Å². The van der Waals surface area contributed by atoms with Crippen molar-refractivity contribution in [2.24, 2.45) is 4.99 Å². The van der Waals surface area contributed by atoms with Crippen LogP contribution in [0.1, 0.15) is 16.7 Å². The third-order valence-electron chi connectivity index (χ3n) is 4.19. The van der Waals surface area contributed by atoms with E-state index in [1.165, 1.54) is 0 Å². The third kappa shape index (κ3) is 2.20. The fourth-order valence-electron chi connectivity index (χ4n) is 3.17. The van der Waals surface area contributed by atoms with E-state index in [1.54, 1.807) is 12.1 Å². The highest BCUT2D eigenvalue weighted by Gasteiger charge is 2.31. The average molecular weight is 314 g/mol. The van der Waals surface area contributed by atoms with E-state index < -0.39 is 0 Å². The van der Waals surface area contributed by atoms with Crippen molar-refractivity contribution in [1.82, 2.24) is 0 Å². The molecule has 0 fully saturated rings. The van der Waals surface area contributed by atoms with Crippen LogP contribution in [0.15, 0.2) is 71.7 Å². The maximum Gasteiger partial charge on any atom is 0.277 e. The van der Waals surface area contributed by atoms with Crippen molar-refractivity contribution in [3.05, 3.63) is 93.5 Å². The molecule has 0 bridgehead atoms. The van der Waals surface area contributed by atoms with Gasteiger partial charge >= 0.3 is 0 Å². The van der Waals surface area contributed by atoms with Crippen LogP contribution < -0.4 is 0 Å². The summed E-state index contributed by atoms with van der Waals surface area (Å²) in [5.41, 5.74) is 6.15. The van der Waals surface area contributed by atoms with Gasteiger partial charge in [-0.05, 0) is 30.2 Å². The van der Waals surface area contributed by atoms with Crippen LogP contribution in [0, 0.1) is 17.0 Å². The summed E-state index contributed by atoms with van der Waals surface area (Å²) in [7, 11) is 0. The minimum atomic E-state index is -0.328. The second kappa shape index (κ2) is 5.42. The first-order chi connectivity index (χ1) is 11.6. The summed E-state index contributed by atoms with van der Waals surface area (Å²) in [5.74, 6) is 0. The zero-order valence-electron chi connectivity index (χ0n) is 13.1. The molecule has 0 saturated carbocycles. The second-order valence-electron chi connectivity index (χ2n) is 5.80. The number of nitro benzene ring substituents is 1. The maximum atomic E-state index is 11.4. The van der Waals surface area contributed by atoms with Gasteiger partial charge in [0.2, 0.25) is 0 Å². The van der Waals surface area contributed by atoms with E-state index in [4.69, 9.17) is 4.99 Å². The summed E-state index contributed by atoms with van der Waals surface area (Å²) in [6.45, 7) is 2.02. The number of fused-ring (bicyclic) bond motifs is 3. The second-order valence-corrected chi connectivity index (χ2v) is 5.80. The van der Waals surface area contributed by atoms with E-state index in [-0.39, 0.29) is 10.6 Å². The topological polar surface area (TPSA) is 55.5 Å². The number of aryl methyl sites for hydroxylation is 1. The first-order valence-electron chi connectivity index (χ1n) is 7.68. The number of rotatable bonds is 2. The molecule has 0 N–H and O–H groups in total.